The van der Waals surface area contributed by atoms with E-state index in [1.807, 2.05) is 0 Å². The third kappa shape index (κ3) is 5.72. The summed E-state index contributed by atoms with van der Waals surface area (Å²) in [5.74, 6) is 0.235. The van der Waals surface area contributed by atoms with Crippen molar-refractivity contribution < 1.29 is 4.42 Å². The molecular weight excluding hydrogens is 691 g/mol. The van der Waals surface area contributed by atoms with E-state index in [1.54, 1.807) is 0 Å². The van der Waals surface area contributed by atoms with Crippen LogP contribution in [0.4, 0.5) is 0 Å². The molecule has 0 bridgehead atoms. The second-order valence-electron chi connectivity index (χ2n) is 15.2. The number of hydrogen-bond donors (Lipinski definition) is 0. The number of aromatic nitrogens is 1. The Kier molecular flexibility index (Phi) is 8.07. The van der Waals surface area contributed by atoms with Crippen molar-refractivity contribution in [1.82, 2.24) is 4.57 Å². The predicted octanol–water partition coefficient (Wildman–Crippen LogP) is 14.9. The van der Waals surface area contributed by atoms with Crippen molar-refractivity contribution in [2.45, 2.75) is 18.8 Å². The van der Waals surface area contributed by atoms with Crippen LogP contribution in [0.2, 0.25) is 0 Å². The van der Waals surface area contributed by atoms with Crippen LogP contribution in [0.15, 0.2) is 211 Å². The van der Waals surface area contributed by atoms with Gasteiger partial charge in [-0.1, -0.05) is 182 Å². The van der Waals surface area contributed by atoms with Crippen LogP contribution in [0, 0.1) is 0 Å². The second kappa shape index (κ2) is 13.8. The maximum Gasteiger partial charge on any atom is 0.138 e. The van der Waals surface area contributed by atoms with Crippen molar-refractivity contribution in [1.29, 1.82) is 0 Å². The van der Waals surface area contributed by atoms with E-state index in [9.17, 15) is 0 Å². The van der Waals surface area contributed by atoms with Crippen LogP contribution in [0.1, 0.15) is 29.0 Å². The molecule has 2 heteroatoms. The number of nitrogens with zero attached hydrogens (tertiary/aromatic N) is 1. The average Bonchev–Trinajstić information content (AvgIpc) is 3.82. The molecule has 0 N–H and O–H groups in total. The molecule has 0 aliphatic carbocycles. The van der Waals surface area contributed by atoms with E-state index in [0.29, 0.717) is 0 Å². The van der Waals surface area contributed by atoms with E-state index >= 15 is 0 Å². The van der Waals surface area contributed by atoms with Crippen molar-refractivity contribution in [2.75, 3.05) is 0 Å². The molecule has 11 aromatic rings. The third-order valence-electron chi connectivity index (χ3n) is 11.9. The van der Waals surface area contributed by atoms with Crippen LogP contribution in [0.25, 0.3) is 82.5 Å². The highest BCUT2D eigenvalue weighted by molar-refractivity contribution is 6.27. The molecule has 0 radical (unpaired) electrons. The number of hydrogen-bond acceptors (Lipinski definition) is 1. The van der Waals surface area contributed by atoms with Crippen LogP contribution in [-0.2, 0) is 6.42 Å². The maximum atomic E-state index is 6.71. The van der Waals surface area contributed by atoms with Crippen LogP contribution in [-0.4, -0.2) is 4.57 Å². The highest BCUT2D eigenvalue weighted by Gasteiger charge is 2.25. The predicted molar refractivity (Wildman–Crippen MR) is 239 cm³/mol. The summed E-state index contributed by atoms with van der Waals surface area (Å²) >= 11 is 0. The average molecular weight is 730 g/mol. The summed E-state index contributed by atoms with van der Waals surface area (Å²) in [6.45, 7) is 0. The maximum absolute atomic E-state index is 6.71. The van der Waals surface area contributed by atoms with Gasteiger partial charge >= 0.3 is 0 Å². The Morgan fingerprint density at radius 1 is 0.439 bits per heavy atom. The van der Waals surface area contributed by atoms with E-state index < -0.39 is 0 Å². The van der Waals surface area contributed by atoms with Crippen molar-refractivity contribution in [3.63, 3.8) is 0 Å². The number of benzene rings is 9. The van der Waals surface area contributed by atoms with Gasteiger partial charge in [-0.25, -0.2) is 0 Å². The number of furan rings is 1. The van der Waals surface area contributed by atoms with E-state index in [2.05, 4.69) is 211 Å². The fourth-order valence-corrected chi connectivity index (χ4v) is 9.23. The Labute approximate surface area is 331 Å². The first-order valence-electron chi connectivity index (χ1n) is 19.9. The van der Waals surface area contributed by atoms with E-state index in [4.69, 9.17) is 4.42 Å². The molecule has 57 heavy (non-hydrogen) atoms. The minimum absolute atomic E-state index is 0.235. The standard InChI is InChI=1S/C55H39NO/c1-4-15-37(16-5-1)39-27-29-41(30-28-39)46(40-18-6-2-7-19-40)34-32-43-23-14-25-48-53-49(56(55(43)48)45-33-31-38-17-10-11-22-44(38)35-45)36-51-54(47-24-12-13-26-50(47)57-51)52(53)42-20-8-3-9-21-42/h1-31,33,35-36,46H,32,34H2. The molecule has 1 atom stereocenters. The molecule has 2 aromatic heterocycles. The number of rotatable bonds is 8. The Bertz CT molecular complexity index is 3210. The van der Waals surface area contributed by atoms with Gasteiger partial charge in [-0.05, 0) is 75.2 Å². The zero-order chi connectivity index (χ0) is 37.7. The Morgan fingerprint density at radius 3 is 1.86 bits per heavy atom. The lowest BCUT2D eigenvalue weighted by molar-refractivity contribution is 0.669. The monoisotopic (exact) mass is 729 g/mol. The summed E-state index contributed by atoms with van der Waals surface area (Å²) in [5.41, 5.74) is 14.2. The molecule has 1 unspecified atom stereocenters. The minimum Gasteiger partial charge on any atom is -0.456 e. The van der Waals surface area contributed by atoms with Gasteiger partial charge in [-0.3, -0.25) is 0 Å². The van der Waals surface area contributed by atoms with Crippen molar-refractivity contribution >= 4 is 54.5 Å². The van der Waals surface area contributed by atoms with Gasteiger partial charge in [0.2, 0.25) is 0 Å². The van der Waals surface area contributed by atoms with Gasteiger partial charge < -0.3 is 8.98 Å². The van der Waals surface area contributed by atoms with E-state index in [-0.39, 0.29) is 5.92 Å². The highest BCUT2D eigenvalue weighted by Crippen LogP contribution is 2.47. The van der Waals surface area contributed by atoms with Gasteiger partial charge in [-0.2, -0.15) is 0 Å². The van der Waals surface area contributed by atoms with Gasteiger partial charge in [-0.15, -0.1) is 0 Å². The topological polar surface area (TPSA) is 18.1 Å². The molecule has 2 heterocycles. The first-order valence-corrected chi connectivity index (χ1v) is 19.9. The lowest BCUT2D eigenvalue weighted by Gasteiger charge is -2.20. The molecule has 0 aliphatic heterocycles. The van der Waals surface area contributed by atoms with Crippen LogP contribution in [0.5, 0.6) is 0 Å². The zero-order valence-electron chi connectivity index (χ0n) is 31.5. The summed E-state index contributed by atoms with van der Waals surface area (Å²) in [4.78, 5) is 0. The normalized spacial score (nSPS) is 12.3. The van der Waals surface area contributed by atoms with Crippen molar-refractivity contribution in [3.8, 4) is 27.9 Å². The minimum atomic E-state index is 0.235. The molecule has 270 valence electrons. The summed E-state index contributed by atoms with van der Waals surface area (Å²) < 4.78 is 9.22. The lowest BCUT2D eigenvalue weighted by Crippen LogP contribution is -2.04. The number of para-hydroxylation sites is 2. The van der Waals surface area contributed by atoms with Gasteiger partial charge in [0, 0.05) is 44.8 Å². The second-order valence-corrected chi connectivity index (χ2v) is 15.2. The smallest absolute Gasteiger partial charge is 0.138 e. The largest absolute Gasteiger partial charge is 0.456 e. The Balaban J connectivity index is 1.14. The molecule has 2 nitrogen and oxygen atoms in total. The summed E-state index contributed by atoms with van der Waals surface area (Å²) in [6, 6.07) is 75.0. The summed E-state index contributed by atoms with van der Waals surface area (Å²) in [5, 5.41) is 7.26. The molecule has 0 fully saturated rings. The van der Waals surface area contributed by atoms with Gasteiger partial charge in [0.15, 0.2) is 0 Å². The highest BCUT2D eigenvalue weighted by atomic mass is 16.3. The Hall–Kier alpha value is -7.16. The molecule has 11 rings (SSSR count). The van der Waals surface area contributed by atoms with Crippen LogP contribution < -0.4 is 0 Å². The first kappa shape index (κ1) is 33.2. The zero-order valence-corrected chi connectivity index (χ0v) is 31.5. The summed E-state index contributed by atoms with van der Waals surface area (Å²) in [6.07, 6.45) is 1.87. The summed E-state index contributed by atoms with van der Waals surface area (Å²) in [7, 11) is 0. The fraction of sp³-hybridized carbons (Fsp3) is 0.0545. The Morgan fingerprint density at radius 2 is 1.07 bits per heavy atom. The molecule has 9 aromatic carbocycles. The quantitative estimate of drug-likeness (QED) is 0.152. The SMILES string of the molecule is c1ccc(-c2ccc(C(CCc3cccc4c5c(-c6ccccc6)c6c(cc5n(-c5ccc7ccccc7c5)c34)oc3ccccc36)c3ccccc3)cc2)cc1. The molecule has 0 aliphatic rings. The molecule has 0 amide bonds. The van der Waals surface area contributed by atoms with Crippen molar-refractivity contribution in [2.24, 2.45) is 0 Å². The fourth-order valence-electron chi connectivity index (χ4n) is 9.23. The molecule has 0 saturated carbocycles. The molecule has 0 saturated heterocycles. The van der Waals surface area contributed by atoms with Gasteiger partial charge in [0.1, 0.15) is 11.2 Å². The van der Waals surface area contributed by atoms with E-state index in [0.717, 1.165) is 46.0 Å². The van der Waals surface area contributed by atoms with E-state index in [1.165, 1.54) is 66.0 Å². The number of aryl methyl sites for hydroxylation is 1. The first-order chi connectivity index (χ1) is 28.3. The molecular formula is C55H39NO. The lowest BCUT2D eigenvalue weighted by atomic mass is 9.85. The third-order valence-corrected chi connectivity index (χ3v) is 11.9. The van der Waals surface area contributed by atoms with Gasteiger partial charge in [0.25, 0.3) is 0 Å². The number of fused-ring (bicyclic) bond motifs is 7. The molecule has 0 spiro atoms. The van der Waals surface area contributed by atoms with Gasteiger partial charge in [0.05, 0.1) is 11.0 Å². The van der Waals surface area contributed by atoms with Crippen LogP contribution in [0.3, 0.4) is 0 Å². The van der Waals surface area contributed by atoms with Crippen LogP contribution >= 0.6 is 0 Å². The van der Waals surface area contributed by atoms with Crippen molar-refractivity contribution in [3.05, 3.63) is 223 Å².